The van der Waals surface area contributed by atoms with E-state index in [-0.39, 0.29) is 17.7 Å². The molecule has 0 aromatic heterocycles. The van der Waals surface area contributed by atoms with Gasteiger partial charge >= 0.3 is 5.97 Å². The third kappa shape index (κ3) is 2.26. The van der Waals surface area contributed by atoms with Gasteiger partial charge < -0.3 is 10.0 Å². The van der Waals surface area contributed by atoms with Gasteiger partial charge in [0, 0.05) is 19.0 Å². The Morgan fingerprint density at radius 3 is 2.56 bits per heavy atom. The Labute approximate surface area is 94.9 Å². The number of amides is 1. The van der Waals surface area contributed by atoms with E-state index >= 15 is 0 Å². The minimum Gasteiger partial charge on any atom is -0.481 e. The molecule has 0 aromatic rings. The predicted molar refractivity (Wildman–Crippen MR) is 58.8 cm³/mol. The molecule has 1 aliphatic carbocycles. The Morgan fingerprint density at radius 2 is 2.00 bits per heavy atom. The summed E-state index contributed by atoms with van der Waals surface area (Å²) < 4.78 is 0. The summed E-state index contributed by atoms with van der Waals surface area (Å²) in [7, 11) is 0. The van der Waals surface area contributed by atoms with Crippen molar-refractivity contribution in [3.8, 4) is 0 Å². The number of aliphatic carboxylic acids is 1. The molecule has 88 valence electrons. The lowest BCUT2D eigenvalue weighted by Crippen LogP contribution is -2.35. The number of carbonyl (C=O) groups is 2. The molecule has 1 aliphatic heterocycles. The van der Waals surface area contributed by atoms with Crippen LogP contribution >= 0.6 is 0 Å². The van der Waals surface area contributed by atoms with Crippen LogP contribution in [-0.4, -0.2) is 35.0 Å². The van der Waals surface area contributed by atoms with Gasteiger partial charge in [-0.2, -0.15) is 0 Å². The van der Waals surface area contributed by atoms with Gasteiger partial charge in [-0.1, -0.05) is 12.2 Å². The topological polar surface area (TPSA) is 57.6 Å². The van der Waals surface area contributed by atoms with Crippen molar-refractivity contribution in [3.63, 3.8) is 0 Å². The van der Waals surface area contributed by atoms with Crippen molar-refractivity contribution >= 4 is 11.9 Å². The number of carboxylic acid groups (broad SMARTS) is 1. The van der Waals surface area contributed by atoms with Crippen LogP contribution in [0.25, 0.3) is 0 Å². The number of nitrogens with zero attached hydrogens (tertiary/aromatic N) is 1. The summed E-state index contributed by atoms with van der Waals surface area (Å²) in [5.74, 6) is -0.910. The van der Waals surface area contributed by atoms with E-state index in [1.807, 2.05) is 0 Å². The molecule has 2 unspecified atom stereocenters. The summed E-state index contributed by atoms with van der Waals surface area (Å²) in [6.07, 6.45) is 7.44. The first-order valence-electron chi connectivity index (χ1n) is 5.85. The van der Waals surface area contributed by atoms with Crippen molar-refractivity contribution in [1.29, 1.82) is 0 Å². The highest BCUT2D eigenvalue weighted by atomic mass is 16.4. The molecule has 0 saturated carbocycles. The minimum atomic E-state index is -0.779. The van der Waals surface area contributed by atoms with E-state index in [9.17, 15) is 9.59 Å². The molecule has 2 rings (SSSR count). The van der Waals surface area contributed by atoms with E-state index in [0.717, 1.165) is 19.3 Å². The van der Waals surface area contributed by atoms with Crippen LogP contribution in [0.3, 0.4) is 0 Å². The molecular formula is C12H17NO3. The summed E-state index contributed by atoms with van der Waals surface area (Å²) in [6.45, 7) is 1.00. The molecule has 0 aromatic carbocycles. The highest BCUT2D eigenvalue weighted by molar-refractivity contribution is 5.81. The van der Waals surface area contributed by atoms with E-state index < -0.39 is 5.97 Å². The molecule has 1 amide bonds. The van der Waals surface area contributed by atoms with Gasteiger partial charge in [0.05, 0.1) is 5.92 Å². The molecular weight excluding hydrogens is 206 g/mol. The highest BCUT2D eigenvalue weighted by Gasteiger charge is 2.33. The average molecular weight is 223 g/mol. The van der Waals surface area contributed by atoms with Gasteiger partial charge in [0.25, 0.3) is 0 Å². The number of carbonyl (C=O) groups excluding carboxylic acids is 1. The zero-order valence-electron chi connectivity index (χ0n) is 9.26. The van der Waals surface area contributed by atoms with E-state index in [1.54, 1.807) is 4.90 Å². The van der Waals surface area contributed by atoms with Crippen molar-refractivity contribution in [2.75, 3.05) is 13.1 Å². The number of likely N-dealkylation sites (tertiary alicyclic amines) is 1. The Kier molecular flexibility index (Phi) is 3.27. The van der Waals surface area contributed by atoms with Crippen molar-refractivity contribution in [2.24, 2.45) is 11.8 Å². The van der Waals surface area contributed by atoms with E-state index in [2.05, 4.69) is 12.2 Å². The standard InChI is InChI=1S/C12H17NO3/c14-11(9-4-2-1-3-5-9)13-7-6-10(8-13)12(15)16/h1-2,9-10H,3-8H2,(H,15,16). The second-order valence-corrected chi connectivity index (χ2v) is 4.59. The summed E-state index contributed by atoms with van der Waals surface area (Å²) >= 11 is 0. The van der Waals surface area contributed by atoms with Crippen LogP contribution in [-0.2, 0) is 9.59 Å². The van der Waals surface area contributed by atoms with Gasteiger partial charge in [-0.05, 0) is 25.7 Å². The lowest BCUT2D eigenvalue weighted by Gasteiger charge is -2.23. The van der Waals surface area contributed by atoms with Crippen LogP contribution in [0.15, 0.2) is 12.2 Å². The van der Waals surface area contributed by atoms with E-state index in [4.69, 9.17) is 5.11 Å². The number of carboxylic acids is 1. The maximum Gasteiger partial charge on any atom is 0.308 e. The zero-order chi connectivity index (χ0) is 11.5. The molecule has 1 N–H and O–H groups in total. The van der Waals surface area contributed by atoms with Crippen molar-refractivity contribution < 1.29 is 14.7 Å². The average Bonchev–Trinajstić information content (AvgIpc) is 2.78. The van der Waals surface area contributed by atoms with Gasteiger partial charge in [0.2, 0.25) is 5.91 Å². The van der Waals surface area contributed by atoms with Gasteiger partial charge in [-0.3, -0.25) is 9.59 Å². The molecule has 0 bridgehead atoms. The maximum absolute atomic E-state index is 12.1. The van der Waals surface area contributed by atoms with Crippen molar-refractivity contribution in [1.82, 2.24) is 4.90 Å². The summed E-state index contributed by atoms with van der Waals surface area (Å²) in [5, 5.41) is 8.87. The summed E-state index contributed by atoms with van der Waals surface area (Å²) in [5.41, 5.74) is 0. The Morgan fingerprint density at radius 1 is 1.19 bits per heavy atom. The fourth-order valence-corrected chi connectivity index (χ4v) is 2.44. The highest BCUT2D eigenvalue weighted by Crippen LogP contribution is 2.24. The van der Waals surface area contributed by atoms with Crippen LogP contribution < -0.4 is 0 Å². The van der Waals surface area contributed by atoms with Crippen LogP contribution in [0.5, 0.6) is 0 Å². The molecule has 4 heteroatoms. The Bertz CT molecular complexity index is 324. The number of hydrogen-bond acceptors (Lipinski definition) is 2. The summed E-state index contributed by atoms with van der Waals surface area (Å²) in [4.78, 5) is 24.6. The zero-order valence-corrected chi connectivity index (χ0v) is 9.26. The first-order valence-corrected chi connectivity index (χ1v) is 5.85. The van der Waals surface area contributed by atoms with Crippen LogP contribution in [0, 0.1) is 11.8 Å². The lowest BCUT2D eigenvalue weighted by molar-refractivity contribution is -0.141. The molecule has 0 radical (unpaired) electrons. The Hall–Kier alpha value is -1.32. The number of allylic oxidation sites excluding steroid dienone is 2. The largest absolute Gasteiger partial charge is 0.481 e. The molecule has 2 atom stereocenters. The predicted octanol–water partition coefficient (Wildman–Crippen LogP) is 1.28. The smallest absolute Gasteiger partial charge is 0.308 e. The lowest BCUT2D eigenvalue weighted by atomic mass is 9.93. The fourth-order valence-electron chi connectivity index (χ4n) is 2.44. The molecule has 2 aliphatic rings. The van der Waals surface area contributed by atoms with Crippen molar-refractivity contribution in [3.05, 3.63) is 12.2 Å². The molecule has 1 saturated heterocycles. The van der Waals surface area contributed by atoms with E-state index in [1.165, 1.54) is 0 Å². The fraction of sp³-hybridized carbons (Fsp3) is 0.667. The van der Waals surface area contributed by atoms with Gasteiger partial charge in [-0.15, -0.1) is 0 Å². The quantitative estimate of drug-likeness (QED) is 0.717. The monoisotopic (exact) mass is 223 g/mol. The molecule has 1 heterocycles. The third-order valence-corrected chi connectivity index (χ3v) is 3.47. The number of rotatable bonds is 2. The normalized spacial score (nSPS) is 29.4. The molecule has 4 nitrogen and oxygen atoms in total. The minimum absolute atomic E-state index is 0.0811. The van der Waals surface area contributed by atoms with Crippen molar-refractivity contribution in [2.45, 2.75) is 25.7 Å². The summed E-state index contributed by atoms with van der Waals surface area (Å²) in [6, 6.07) is 0. The first kappa shape index (κ1) is 11.2. The van der Waals surface area contributed by atoms with E-state index in [0.29, 0.717) is 19.5 Å². The molecule has 0 spiro atoms. The second-order valence-electron chi connectivity index (χ2n) is 4.59. The second kappa shape index (κ2) is 4.68. The van der Waals surface area contributed by atoms with Crippen LogP contribution in [0.4, 0.5) is 0 Å². The maximum atomic E-state index is 12.1. The van der Waals surface area contributed by atoms with Gasteiger partial charge in [0.1, 0.15) is 0 Å². The van der Waals surface area contributed by atoms with Crippen LogP contribution in [0.2, 0.25) is 0 Å². The van der Waals surface area contributed by atoms with Gasteiger partial charge in [-0.25, -0.2) is 0 Å². The van der Waals surface area contributed by atoms with Crippen LogP contribution in [0.1, 0.15) is 25.7 Å². The van der Waals surface area contributed by atoms with Gasteiger partial charge in [0.15, 0.2) is 0 Å². The number of hydrogen-bond donors (Lipinski definition) is 1. The SMILES string of the molecule is O=C(O)C1CCN(C(=O)C2CC=CCC2)C1. The first-order chi connectivity index (χ1) is 7.68. The third-order valence-electron chi connectivity index (χ3n) is 3.47. The molecule has 1 fully saturated rings. The Balaban J connectivity index is 1.91. The molecule has 16 heavy (non-hydrogen) atoms.